The molecular weight excluding hydrogens is 784 g/mol. The number of hydrogen-bond acceptors (Lipinski definition) is 14. The summed E-state index contributed by atoms with van der Waals surface area (Å²) in [5, 5.41) is 13.7. The van der Waals surface area contributed by atoms with E-state index in [9.17, 15) is 25.9 Å². The fraction of sp³-hybridized carbons (Fsp3) is 0.579. The van der Waals surface area contributed by atoms with Crippen molar-refractivity contribution in [2.75, 3.05) is 0 Å². The van der Waals surface area contributed by atoms with E-state index < -0.39 is 32.3 Å². The molecule has 4 N–H and O–H groups in total. The molecule has 0 aromatic rings. The van der Waals surface area contributed by atoms with Crippen molar-refractivity contribution in [2.24, 2.45) is 20.0 Å². The number of aliphatic imine (C=N–C) groups is 4. The van der Waals surface area contributed by atoms with Gasteiger partial charge in [0.25, 0.3) is 0 Å². The fourth-order valence-corrected chi connectivity index (χ4v) is 11.7. The standard InChI is InChI=1S/2C19H24N4O3S.Mn/c2*24-27(25,26)19-17-6-4-14(22-17)10-12-2-1-11(20-12)9-13-3-5-15(21-13)16-7-8-18(19)23-16;/h2*9-10,15-16,18,20,23H,1-8H2,(H,24,25,26);/q;;+2/p-2. The second kappa shape index (κ2) is 15.4. The average Bonchev–Trinajstić information content (AvgIpc) is 3.94. The zero-order valence-corrected chi connectivity index (χ0v) is 33.3. The zero-order valence-electron chi connectivity index (χ0n) is 30.5. The Morgan fingerprint density at radius 2 is 0.873 bits per heavy atom. The molecule has 6 unspecified atom stereocenters. The molecule has 4 saturated heterocycles. The Bertz CT molecular complexity index is 2050. The van der Waals surface area contributed by atoms with E-state index in [4.69, 9.17) is 9.98 Å². The van der Waals surface area contributed by atoms with Crippen LogP contribution in [0.4, 0.5) is 0 Å². The van der Waals surface area contributed by atoms with Crippen molar-refractivity contribution in [3.63, 3.8) is 0 Å². The third-order valence-electron chi connectivity index (χ3n) is 12.2. The molecule has 4 fully saturated rings. The van der Waals surface area contributed by atoms with Gasteiger partial charge in [0.15, 0.2) is 0 Å². The summed E-state index contributed by atoms with van der Waals surface area (Å²) in [6.07, 6.45) is 21.2. The SMILES string of the molecule is O=S(=O)([O-])C1=C2CCC(=N2)C=C2CCC(=CC3=NC(CC3)C3CCC1N3)N2.O=S(=O)([O-])C1=C2CCC(=N2)C=C2CCC(=CC3=NC(CC3)C3CCC1N3)N2.[Mn+2]. The van der Waals surface area contributed by atoms with E-state index in [1.165, 1.54) is 11.4 Å². The first-order chi connectivity index (χ1) is 25.9. The zero-order chi connectivity index (χ0) is 37.2. The number of allylic oxidation sites excluding steroid dienone is 10. The van der Waals surface area contributed by atoms with Gasteiger partial charge in [-0.3, -0.25) is 20.0 Å². The maximum Gasteiger partial charge on any atom is 2.00 e. The first-order valence-electron chi connectivity index (χ1n) is 19.5. The maximum atomic E-state index is 12.1. The minimum absolute atomic E-state index is 0. The van der Waals surface area contributed by atoms with E-state index in [0.29, 0.717) is 49.9 Å². The molecule has 0 amide bonds. The van der Waals surface area contributed by atoms with Crippen LogP contribution in [-0.2, 0) is 37.3 Å². The third kappa shape index (κ3) is 8.36. The number of fused-ring (bicyclic) bond motifs is 14. The van der Waals surface area contributed by atoms with Crippen molar-refractivity contribution in [1.29, 1.82) is 0 Å². The van der Waals surface area contributed by atoms with Crippen LogP contribution in [0.1, 0.15) is 103 Å². The molecule has 14 nitrogen and oxygen atoms in total. The topological polar surface area (TPSA) is 212 Å². The predicted octanol–water partition coefficient (Wildman–Crippen LogP) is 3.73. The quantitative estimate of drug-likeness (QED) is 0.234. The molecule has 0 spiro atoms. The van der Waals surface area contributed by atoms with E-state index in [1.807, 2.05) is 12.2 Å². The second-order valence-corrected chi connectivity index (χ2v) is 18.6. The molecule has 10 rings (SSSR count). The van der Waals surface area contributed by atoms with Crippen LogP contribution >= 0.6 is 0 Å². The van der Waals surface area contributed by atoms with E-state index in [-0.39, 0.29) is 51.0 Å². The van der Waals surface area contributed by atoms with Crippen LogP contribution in [0.5, 0.6) is 0 Å². The van der Waals surface area contributed by atoms with Gasteiger partial charge in [-0.1, -0.05) is 0 Å². The maximum absolute atomic E-state index is 12.1. The molecule has 1 radical (unpaired) electrons. The van der Waals surface area contributed by atoms with Gasteiger partial charge in [-0.05, 0) is 127 Å². The molecule has 293 valence electrons. The Kier molecular flexibility index (Phi) is 10.9. The Hall–Kier alpha value is -3.02. The molecule has 10 aliphatic rings. The summed E-state index contributed by atoms with van der Waals surface area (Å²) < 4.78 is 72.3. The summed E-state index contributed by atoms with van der Waals surface area (Å²) in [4.78, 5) is 18.7. The van der Waals surface area contributed by atoms with Crippen LogP contribution in [0.25, 0.3) is 0 Å². The van der Waals surface area contributed by atoms with Gasteiger partial charge in [-0.2, -0.15) is 0 Å². The van der Waals surface area contributed by atoms with Crippen LogP contribution in [0.3, 0.4) is 0 Å². The Morgan fingerprint density at radius 1 is 0.491 bits per heavy atom. The molecule has 10 heterocycles. The Morgan fingerprint density at radius 3 is 1.25 bits per heavy atom. The Balaban J connectivity index is 0.000000153. The summed E-state index contributed by atoms with van der Waals surface area (Å²) in [6, 6.07) is -0.369. The van der Waals surface area contributed by atoms with E-state index >= 15 is 0 Å². The van der Waals surface area contributed by atoms with E-state index in [0.717, 1.165) is 98.4 Å². The second-order valence-electron chi connectivity index (χ2n) is 15.9. The minimum atomic E-state index is -4.55. The van der Waals surface area contributed by atoms with Crippen molar-refractivity contribution in [3.8, 4) is 0 Å². The van der Waals surface area contributed by atoms with Crippen molar-refractivity contribution in [3.05, 3.63) is 68.3 Å². The normalized spacial score (nSPS) is 32.4. The molecule has 16 bridgehead atoms. The smallest absolute Gasteiger partial charge is 0.744 e. The molecule has 55 heavy (non-hydrogen) atoms. The summed E-state index contributed by atoms with van der Waals surface area (Å²) in [5.74, 6) is 0. The van der Waals surface area contributed by atoms with E-state index in [2.05, 4.69) is 43.4 Å². The molecule has 0 aromatic carbocycles. The van der Waals surface area contributed by atoms with Crippen LogP contribution < -0.4 is 21.3 Å². The van der Waals surface area contributed by atoms with Crippen LogP contribution in [0, 0.1) is 0 Å². The molecule has 17 heteroatoms. The molecule has 0 saturated carbocycles. The minimum Gasteiger partial charge on any atom is -0.744 e. The van der Waals surface area contributed by atoms with E-state index in [1.54, 1.807) is 0 Å². The third-order valence-corrected chi connectivity index (χ3v) is 14.3. The molecule has 0 aromatic heterocycles. The molecule has 0 aliphatic carbocycles. The number of nitrogens with one attached hydrogen (secondary N) is 4. The monoisotopic (exact) mass is 829 g/mol. The number of hydrogen-bond donors (Lipinski definition) is 4. The predicted molar refractivity (Wildman–Crippen MR) is 205 cm³/mol. The molecular formula is C38H46MnN8O6S2. The van der Waals surface area contributed by atoms with Gasteiger partial charge in [0.05, 0.1) is 33.3 Å². The first kappa shape index (κ1) is 38.8. The van der Waals surface area contributed by atoms with Gasteiger partial charge >= 0.3 is 17.1 Å². The van der Waals surface area contributed by atoms with Crippen molar-refractivity contribution in [2.45, 2.75) is 139 Å². The largest absolute Gasteiger partial charge is 2.00 e. The van der Waals surface area contributed by atoms with Gasteiger partial charge < -0.3 is 30.4 Å². The summed E-state index contributed by atoms with van der Waals surface area (Å²) in [6.45, 7) is 0. The van der Waals surface area contributed by atoms with Crippen LogP contribution in [-0.4, -0.2) is 85.0 Å². The molecule has 6 atom stereocenters. The van der Waals surface area contributed by atoms with Crippen molar-refractivity contribution in [1.82, 2.24) is 21.3 Å². The Labute approximate surface area is 333 Å². The van der Waals surface area contributed by atoms with Gasteiger partial charge in [0.1, 0.15) is 20.2 Å². The summed E-state index contributed by atoms with van der Waals surface area (Å²) >= 11 is 0. The summed E-state index contributed by atoms with van der Waals surface area (Å²) in [5.41, 5.74) is 9.35. The van der Waals surface area contributed by atoms with Gasteiger partial charge in [-0.25, -0.2) is 16.8 Å². The number of nitrogens with zero attached hydrogens (tertiary/aromatic N) is 4. The molecule has 10 aliphatic heterocycles. The van der Waals surface area contributed by atoms with Gasteiger partial charge in [-0.15, -0.1) is 0 Å². The van der Waals surface area contributed by atoms with Gasteiger partial charge in [0, 0.05) is 69.8 Å². The van der Waals surface area contributed by atoms with Crippen LogP contribution in [0.15, 0.2) is 88.3 Å². The first-order valence-corrected chi connectivity index (χ1v) is 22.3. The average molecular weight is 830 g/mol. The summed E-state index contributed by atoms with van der Waals surface area (Å²) in [7, 11) is -9.11. The van der Waals surface area contributed by atoms with Crippen LogP contribution in [0.2, 0.25) is 0 Å². The van der Waals surface area contributed by atoms with Crippen molar-refractivity contribution < 1.29 is 43.0 Å². The number of rotatable bonds is 2. The van der Waals surface area contributed by atoms with Crippen molar-refractivity contribution >= 4 is 43.1 Å². The van der Waals surface area contributed by atoms with Gasteiger partial charge in [0.2, 0.25) is 0 Å². The fourth-order valence-electron chi connectivity index (χ4n) is 9.75.